The largest absolute Gasteiger partial charge is 0.396 e. The van der Waals surface area contributed by atoms with Gasteiger partial charge in [-0.3, -0.25) is 9.48 Å². The summed E-state index contributed by atoms with van der Waals surface area (Å²) in [5.41, 5.74) is 1.13. The van der Waals surface area contributed by atoms with E-state index in [1.54, 1.807) is 11.7 Å². The van der Waals surface area contributed by atoms with Gasteiger partial charge < -0.3 is 10.4 Å². The standard InChI is InChI=1S/C16H29N3O2/c1-7-16(8-2,11-20)10-17-14(21)12-9-13(15(3,4)5)18-19(12)6/h9,20H,7-8,10-11H2,1-6H3,(H,17,21). The quantitative estimate of drug-likeness (QED) is 0.846. The van der Waals surface area contributed by atoms with Crippen LogP contribution in [0.2, 0.25) is 0 Å². The van der Waals surface area contributed by atoms with Gasteiger partial charge in [-0.2, -0.15) is 5.10 Å². The summed E-state index contributed by atoms with van der Waals surface area (Å²) in [4.78, 5) is 12.3. The molecule has 0 saturated carbocycles. The molecule has 0 aromatic carbocycles. The monoisotopic (exact) mass is 295 g/mol. The van der Waals surface area contributed by atoms with Crippen LogP contribution in [-0.2, 0) is 12.5 Å². The Kier molecular flexibility index (Phi) is 5.56. The number of amides is 1. The van der Waals surface area contributed by atoms with Crippen molar-refractivity contribution < 1.29 is 9.90 Å². The molecule has 0 aliphatic carbocycles. The molecule has 0 fully saturated rings. The molecular weight excluding hydrogens is 266 g/mol. The van der Waals surface area contributed by atoms with Crippen molar-refractivity contribution in [3.05, 3.63) is 17.5 Å². The van der Waals surface area contributed by atoms with Crippen LogP contribution in [0.15, 0.2) is 6.07 Å². The van der Waals surface area contributed by atoms with Crippen LogP contribution in [0.5, 0.6) is 0 Å². The first kappa shape index (κ1) is 17.7. The first-order chi connectivity index (χ1) is 9.69. The summed E-state index contributed by atoms with van der Waals surface area (Å²) < 4.78 is 1.62. The minimum absolute atomic E-state index is 0.0823. The SMILES string of the molecule is CCC(CC)(CO)CNC(=O)c1cc(C(C)(C)C)nn1C. The van der Waals surface area contributed by atoms with Gasteiger partial charge in [0.25, 0.3) is 5.91 Å². The van der Waals surface area contributed by atoms with E-state index in [-0.39, 0.29) is 23.3 Å². The van der Waals surface area contributed by atoms with Gasteiger partial charge in [0.15, 0.2) is 0 Å². The first-order valence-electron chi connectivity index (χ1n) is 7.62. The fourth-order valence-corrected chi connectivity index (χ4v) is 2.18. The molecule has 1 aromatic rings. The minimum Gasteiger partial charge on any atom is -0.396 e. The summed E-state index contributed by atoms with van der Waals surface area (Å²) in [5.74, 6) is -0.139. The predicted molar refractivity (Wildman–Crippen MR) is 84.3 cm³/mol. The van der Waals surface area contributed by atoms with Gasteiger partial charge in [-0.05, 0) is 18.9 Å². The highest BCUT2D eigenvalue weighted by molar-refractivity contribution is 5.92. The van der Waals surface area contributed by atoms with Crippen LogP contribution in [0.1, 0.15) is 63.6 Å². The fraction of sp³-hybridized carbons (Fsp3) is 0.750. The Labute approximate surface area is 127 Å². The van der Waals surface area contributed by atoms with Crippen LogP contribution in [0, 0.1) is 5.41 Å². The van der Waals surface area contributed by atoms with Crippen molar-refractivity contribution >= 4 is 5.91 Å². The van der Waals surface area contributed by atoms with E-state index in [4.69, 9.17) is 0 Å². The second kappa shape index (κ2) is 6.60. The van der Waals surface area contributed by atoms with Crippen molar-refractivity contribution in [2.24, 2.45) is 12.5 Å². The molecule has 120 valence electrons. The maximum absolute atomic E-state index is 12.3. The van der Waals surface area contributed by atoms with Gasteiger partial charge in [0.1, 0.15) is 5.69 Å². The molecule has 0 atom stereocenters. The summed E-state index contributed by atoms with van der Waals surface area (Å²) in [6.45, 7) is 10.8. The number of aromatic nitrogens is 2. The Bertz CT molecular complexity index is 474. The highest BCUT2D eigenvalue weighted by Crippen LogP contribution is 2.25. The number of nitrogens with one attached hydrogen (secondary N) is 1. The number of nitrogens with zero attached hydrogens (tertiary/aromatic N) is 2. The molecular formula is C16H29N3O2. The number of aryl methyl sites for hydroxylation is 1. The van der Waals surface area contributed by atoms with Gasteiger partial charge in [0, 0.05) is 24.4 Å². The Morgan fingerprint density at radius 1 is 1.33 bits per heavy atom. The van der Waals surface area contributed by atoms with Crippen LogP contribution >= 0.6 is 0 Å². The molecule has 0 radical (unpaired) electrons. The number of hydrogen-bond acceptors (Lipinski definition) is 3. The zero-order valence-electron chi connectivity index (χ0n) is 14.2. The summed E-state index contributed by atoms with van der Waals surface area (Å²) in [7, 11) is 1.78. The third kappa shape index (κ3) is 4.06. The maximum atomic E-state index is 12.3. The average molecular weight is 295 g/mol. The van der Waals surface area contributed by atoms with E-state index in [0.717, 1.165) is 18.5 Å². The first-order valence-corrected chi connectivity index (χ1v) is 7.62. The lowest BCUT2D eigenvalue weighted by atomic mass is 9.83. The number of aliphatic hydroxyl groups is 1. The van der Waals surface area contributed by atoms with Crippen LogP contribution in [-0.4, -0.2) is 33.9 Å². The Hall–Kier alpha value is -1.36. The molecule has 0 aliphatic rings. The number of rotatable bonds is 6. The molecule has 1 aromatic heterocycles. The molecule has 0 saturated heterocycles. The van der Waals surface area contributed by atoms with E-state index >= 15 is 0 Å². The average Bonchev–Trinajstić information content (AvgIpc) is 2.83. The van der Waals surface area contributed by atoms with Crippen LogP contribution in [0.25, 0.3) is 0 Å². The van der Waals surface area contributed by atoms with E-state index < -0.39 is 0 Å². The minimum atomic E-state index is -0.235. The molecule has 0 aliphatic heterocycles. The van der Waals surface area contributed by atoms with Gasteiger partial charge in [0.05, 0.1) is 12.3 Å². The predicted octanol–water partition coefficient (Wildman–Crippen LogP) is 2.25. The van der Waals surface area contributed by atoms with E-state index in [0.29, 0.717) is 12.2 Å². The molecule has 0 spiro atoms. The number of hydrogen-bond donors (Lipinski definition) is 2. The molecule has 1 heterocycles. The smallest absolute Gasteiger partial charge is 0.269 e. The van der Waals surface area contributed by atoms with Crippen molar-refractivity contribution in [3.8, 4) is 0 Å². The summed E-state index contributed by atoms with van der Waals surface area (Å²) in [6.07, 6.45) is 1.66. The van der Waals surface area contributed by atoms with Crippen molar-refractivity contribution in [3.63, 3.8) is 0 Å². The lowest BCUT2D eigenvalue weighted by Crippen LogP contribution is -2.39. The van der Waals surface area contributed by atoms with Gasteiger partial charge in [-0.15, -0.1) is 0 Å². The van der Waals surface area contributed by atoms with Gasteiger partial charge >= 0.3 is 0 Å². The zero-order chi connectivity index (χ0) is 16.3. The van der Waals surface area contributed by atoms with E-state index in [1.807, 2.05) is 19.9 Å². The molecule has 5 heteroatoms. The molecule has 1 amide bonds. The normalized spacial score (nSPS) is 12.5. The van der Waals surface area contributed by atoms with E-state index in [9.17, 15) is 9.90 Å². The zero-order valence-corrected chi connectivity index (χ0v) is 14.2. The lowest BCUT2D eigenvalue weighted by molar-refractivity contribution is 0.0843. The van der Waals surface area contributed by atoms with Crippen LogP contribution in [0.4, 0.5) is 0 Å². The van der Waals surface area contributed by atoms with Crippen molar-refractivity contribution in [2.75, 3.05) is 13.2 Å². The van der Waals surface area contributed by atoms with Crippen molar-refractivity contribution in [1.29, 1.82) is 0 Å². The van der Waals surface area contributed by atoms with Crippen LogP contribution in [0.3, 0.4) is 0 Å². The molecule has 1 rings (SSSR count). The summed E-state index contributed by atoms with van der Waals surface area (Å²) >= 11 is 0. The molecule has 2 N–H and O–H groups in total. The van der Waals surface area contributed by atoms with Gasteiger partial charge in [-0.25, -0.2) is 0 Å². The van der Waals surface area contributed by atoms with Crippen molar-refractivity contribution in [1.82, 2.24) is 15.1 Å². The summed E-state index contributed by atoms with van der Waals surface area (Å²) in [5, 5.41) is 16.9. The maximum Gasteiger partial charge on any atom is 0.269 e. The van der Waals surface area contributed by atoms with Gasteiger partial charge in [0.2, 0.25) is 0 Å². The van der Waals surface area contributed by atoms with Crippen LogP contribution < -0.4 is 5.32 Å². The third-order valence-corrected chi connectivity index (χ3v) is 4.34. The van der Waals surface area contributed by atoms with E-state index in [1.165, 1.54) is 0 Å². The van der Waals surface area contributed by atoms with Crippen molar-refractivity contribution in [2.45, 2.75) is 52.9 Å². The Morgan fingerprint density at radius 3 is 2.29 bits per heavy atom. The second-order valence-corrected chi connectivity index (χ2v) is 6.84. The number of carbonyl (C=O) groups is 1. The molecule has 0 bridgehead atoms. The van der Waals surface area contributed by atoms with Gasteiger partial charge in [-0.1, -0.05) is 34.6 Å². The lowest BCUT2D eigenvalue weighted by Gasteiger charge is -2.29. The summed E-state index contributed by atoms with van der Waals surface area (Å²) in [6, 6.07) is 1.84. The number of carbonyl (C=O) groups excluding carboxylic acids is 1. The topological polar surface area (TPSA) is 67.2 Å². The Morgan fingerprint density at radius 2 is 1.90 bits per heavy atom. The highest BCUT2D eigenvalue weighted by Gasteiger charge is 2.27. The molecule has 21 heavy (non-hydrogen) atoms. The second-order valence-electron chi connectivity index (χ2n) is 6.84. The Balaban J connectivity index is 2.84. The van der Waals surface area contributed by atoms with E-state index in [2.05, 4.69) is 31.2 Å². The third-order valence-electron chi connectivity index (χ3n) is 4.34. The molecule has 0 unspecified atom stereocenters. The molecule has 5 nitrogen and oxygen atoms in total. The fourth-order valence-electron chi connectivity index (χ4n) is 2.18. The highest BCUT2D eigenvalue weighted by atomic mass is 16.3. The number of aliphatic hydroxyl groups excluding tert-OH is 1.